The van der Waals surface area contributed by atoms with Gasteiger partial charge in [0.05, 0.1) is 24.7 Å². The van der Waals surface area contributed by atoms with E-state index in [2.05, 4.69) is 10.6 Å². The molecule has 0 saturated carbocycles. The highest BCUT2D eigenvalue weighted by Crippen LogP contribution is 2.19. The zero-order valence-corrected chi connectivity index (χ0v) is 19.4. The topological polar surface area (TPSA) is 115 Å². The van der Waals surface area contributed by atoms with Crippen molar-refractivity contribution in [1.82, 2.24) is 15.5 Å². The molecule has 10 nitrogen and oxygen atoms in total. The zero-order valence-electron chi connectivity index (χ0n) is 18.5. The van der Waals surface area contributed by atoms with E-state index in [1.807, 2.05) is 0 Å². The van der Waals surface area contributed by atoms with Gasteiger partial charge in [-0.1, -0.05) is 12.1 Å². The number of esters is 1. The quantitative estimate of drug-likeness (QED) is 0.299. The molecule has 2 N–H and O–H groups in total. The number of methoxy groups -OCH3 is 1. The molecule has 3 rings (SSSR count). The lowest BCUT2D eigenvalue weighted by atomic mass is 10.1. The fourth-order valence-corrected chi connectivity index (χ4v) is 3.90. The van der Waals surface area contributed by atoms with E-state index in [-0.39, 0.29) is 36.8 Å². The van der Waals surface area contributed by atoms with Gasteiger partial charge in [-0.3, -0.25) is 19.7 Å². The van der Waals surface area contributed by atoms with E-state index in [0.29, 0.717) is 37.6 Å². The third-order valence-electron chi connectivity index (χ3n) is 5.30. The van der Waals surface area contributed by atoms with Crippen LogP contribution in [-0.2, 0) is 23.8 Å². The first-order chi connectivity index (χ1) is 16.0. The molecule has 2 atom stereocenters. The second-order valence-electron chi connectivity index (χ2n) is 7.62. The van der Waals surface area contributed by atoms with Crippen LogP contribution < -0.4 is 15.4 Å². The Bertz CT molecular complexity index is 860. The van der Waals surface area contributed by atoms with Gasteiger partial charge in [0, 0.05) is 26.8 Å². The summed E-state index contributed by atoms with van der Waals surface area (Å²) in [7, 11) is 1.56. The molecule has 1 aromatic carbocycles. The van der Waals surface area contributed by atoms with Crippen LogP contribution in [0.4, 0.5) is 0 Å². The number of thiocarbonyl (C=S) groups is 1. The molecular formula is C22H29N3O7S. The smallest absolute Gasteiger partial charge is 0.308 e. The second kappa shape index (κ2) is 12.5. The molecule has 11 heteroatoms. The lowest BCUT2D eigenvalue weighted by Gasteiger charge is -2.36. The number of carbonyl (C=O) groups excluding carboxylic acids is 3. The molecule has 2 unspecified atom stereocenters. The van der Waals surface area contributed by atoms with Gasteiger partial charge in [0.25, 0.3) is 5.91 Å². The van der Waals surface area contributed by atoms with Crippen LogP contribution in [0.5, 0.6) is 5.75 Å². The van der Waals surface area contributed by atoms with Crippen LogP contribution in [0.2, 0.25) is 0 Å². The maximum absolute atomic E-state index is 12.9. The van der Waals surface area contributed by atoms with Crippen molar-refractivity contribution in [3.8, 4) is 5.75 Å². The molecule has 2 fully saturated rings. The standard InChI is InChI=1S/C22H29N3O7S/c1-29-11-12-31-18-7-3-2-6-16(18)20(27)24-22(33)25-9-8-23-21(28)17(25)13-19(26)32-14-15-5-4-10-30-15/h2-3,6-7,15,17H,4-5,8-14H2,1H3,(H,23,28)(H,24,27,33). The summed E-state index contributed by atoms with van der Waals surface area (Å²) in [5.41, 5.74) is 0.296. The molecule has 2 aliphatic heterocycles. The molecule has 1 aromatic rings. The maximum atomic E-state index is 12.9. The average molecular weight is 480 g/mol. The van der Waals surface area contributed by atoms with Crippen LogP contribution in [-0.4, -0.2) is 86.6 Å². The van der Waals surface area contributed by atoms with Crippen LogP contribution in [0.3, 0.4) is 0 Å². The molecule has 2 saturated heterocycles. The number of hydrogen-bond acceptors (Lipinski definition) is 8. The Kier molecular flexibility index (Phi) is 9.40. The van der Waals surface area contributed by atoms with Gasteiger partial charge in [-0.25, -0.2) is 0 Å². The summed E-state index contributed by atoms with van der Waals surface area (Å²) < 4.78 is 21.3. The van der Waals surface area contributed by atoms with E-state index in [4.69, 9.17) is 31.2 Å². The second-order valence-corrected chi connectivity index (χ2v) is 8.01. The normalized spacial score (nSPS) is 20.2. The van der Waals surface area contributed by atoms with Crippen LogP contribution in [0.15, 0.2) is 24.3 Å². The van der Waals surface area contributed by atoms with Gasteiger partial charge in [-0.2, -0.15) is 0 Å². The lowest BCUT2D eigenvalue weighted by Crippen LogP contribution is -2.60. The van der Waals surface area contributed by atoms with E-state index >= 15 is 0 Å². The molecule has 0 aliphatic carbocycles. The number of ether oxygens (including phenoxy) is 4. The average Bonchev–Trinajstić information content (AvgIpc) is 3.33. The van der Waals surface area contributed by atoms with E-state index < -0.39 is 17.9 Å². The Balaban J connectivity index is 1.60. The first-order valence-corrected chi connectivity index (χ1v) is 11.3. The molecule has 33 heavy (non-hydrogen) atoms. The minimum atomic E-state index is -0.878. The van der Waals surface area contributed by atoms with Crippen LogP contribution in [0.1, 0.15) is 29.6 Å². The monoisotopic (exact) mass is 479 g/mol. The zero-order chi connectivity index (χ0) is 23.6. The van der Waals surface area contributed by atoms with Crippen molar-refractivity contribution in [1.29, 1.82) is 0 Å². The van der Waals surface area contributed by atoms with E-state index in [9.17, 15) is 14.4 Å². The molecule has 2 amide bonds. The van der Waals surface area contributed by atoms with Gasteiger partial charge in [-0.15, -0.1) is 0 Å². The Morgan fingerprint density at radius 2 is 2.12 bits per heavy atom. The van der Waals surface area contributed by atoms with Crippen molar-refractivity contribution in [3.63, 3.8) is 0 Å². The molecule has 180 valence electrons. The predicted octanol–water partition coefficient (Wildman–Crippen LogP) is 0.639. The highest BCUT2D eigenvalue weighted by molar-refractivity contribution is 7.80. The number of benzene rings is 1. The fraction of sp³-hybridized carbons (Fsp3) is 0.545. The Morgan fingerprint density at radius 3 is 2.88 bits per heavy atom. The molecule has 0 radical (unpaired) electrons. The molecular weight excluding hydrogens is 450 g/mol. The first kappa shape index (κ1) is 24.9. The summed E-state index contributed by atoms with van der Waals surface area (Å²) in [6.45, 7) is 2.17. The lowest BCUT2D eigenvalue weighted by molar-refractivity contribution is -0.150. The van der Waals surface area contributed by atoms with Crippen molar-refractivity contribution < 1.29 is 33.3 Å². The molecule has 0 aromatic heterocycles. The van der Waals surface area contributed by atoms with Crippen molar-refractivity contribution in [2.24, 2.45) is 0 Å². The van der Waals surface area contributed by atoms with Gasteiger partial charge in [0.15, 0.2) is 5.11 Å². The number of nitrogens with one attached hydrogen (secondary N) is 2. The summed E-state index contributed by atoms with van der Waals surface area (Å²) in [5, 5.41) is 5.43. The third-order valence-corrected chi connectivity index (χ3v) is 5.64. The third kappa shape index (κ3) is 7.11. The molecule has 0 spiro atoms. The van der Waals surface area contributed by atoms with Crippen LogP contribution >= 0.6 is 12.2 Å². The fourth-order valence-electron chi connectivity index (χ4n) is 3.59. The Morgan fingerprint density at radius 1 is 1.30 bits per heavy atom. The van der Waals surface area contributed by atoms with Gasteiger partial charge in [-0.05, 0) is 37.2 Å². The summed E-state index contributed by atoms with van der Waals surface area (Å²) in [5.74, 6) is -0.960. The van der Waals surface area contributed by atoms with Crippen molar-refractivity contribution >= 4 is 35.1 Å². The number of carbonyl (C=O) groups is 3. The maximum Gasteiger partial charge on any atom is 0.308 e. The highest BCUT2D eigenvalue weighted by atomic mass is 32.1. The number of piperazine rings is 1. The van der Waals surface area contributed by atoms with Gasteiger partial charge >= 0.3 is 5.97 Å². The molecule has 2 heterocycles. The number of hydrogen-bond donors (Lipinski definition) is 2. The van der Waals surface area contributed by atoms with E-state index in [1.54, 1.807) is 31.4 Å². The largest absolute Gasteiger partial charge is 0.490 e. The predicted molar refractivity (Wildman–Crippen MR) is 122 cm³/mol. The van der Waals surface area contributed by atoms with Gasteiger partial charge in [0.1, 0.15) is 25.0 Å². The van der Waals surface area contributed by atoms with Crippen LogP contribution in [0.25, 0.3) is 0 Å². The van der Waals surface area contributed by atoms with Crippen LogP contribution in [0, 0.1) is 0 Å². The van der Waals surface area contributed by atoms with Gasteiger partial charge in [0.2, 0.25) is 5.91 Å². The summed E-state index contributed by atoms with van der Waals surface area (Å²) in [4.78, 5) is 39.2. The van der Waals surface area contributed by atoms with Crippen molar-refractivity contribution in [2.75, 3.05) is 46.6 Å². The summed E-state index contributed by atoms with van der Waals surface area (Å²) in [6, 6.07) is 5.88. The number of nitrogens with zero attached hydrogens (tertiary/aromatic N) is 1. The molecule has 0 bridgehead atoms. The summed E-state index contributed by atoms with van der Waals surface area (Å²) >= 11 is 5.42. The number of rotatable bonds is 9. The van der Waals surface area contributed by atoms with Gasteiger partial charge < -0.3 is 29.2 Å². The highest BCUT2D eigenvalue weighted by Gasteiger charge is 2.34. The summed E-state index contributed by atoms with van der Waals surface area (Å²) in [6.07, 6.45) is 1.49. The Labute approximate surface area is 197 Å². The van der Waals surface area contributed by atoms with Crippen molar-refractivity contribution in [3.05, 3.63) is 29.8 Å². The SMILES string of the molecule is COCCOc1ccccc1C(=O)NC(=S)N1CCNC(=O)C1CC(=O)OCC1CCCO1. The molecule has 2 aliphatic rings. The Hall–Kier alpha value is -2.76. The van der Waals surface area contributed by atoms with E-state index in [0.717, 1.165) is 12.8 Å². The minimum absolute atomic E-state index is 0.0541. The van der Waals surface area contributed by atoms with Crippen molar-refractivity contribution in [2.45, 2.75) is 31.4 Å². The van der Waals surface area contributed by atoms with E-state index in [1.165, 1.54) is 4.90 Å². The number of amides is 2. The minimum Gasteiger partial charge on any atom is -0.490 e. The number of para-hydroxylation sites is 1. The first-order valence-electron chi connectivity index (χ1n) is 10.9.